The molecule has 0 aliphatic carbocycles. The van der Waals surface area contributed by atoms with E-state index in [1.54, 1.807) is 33.1 Å². The molecule has 1 heterocycles. The monoisotopic (exact) mass is 398 g/mol. The van der Waals surface area contributed by atoms with Crippen LogP contribution in [0.1, 0.15) is 23.9 Å². The molecule has 1 amide bonds. The molecule has 2 N–H and O–H groups in total. The summed E-state index contributed by atoms with van der Waals surface area (Å²) in [6.07, 6.45) is 0.0188. The zero-order chi connectivity index (χ0) is 21.0. The fourth-order valence-electron chi connectivity index (χ4n) is 2.85. The molecule has 29 heavy (non-hydrogen) atoms. The van der Waals surface area contributed by atoms with Crippen molar-refractivity contribution in [1.29, 1.82) is 0 Å². The normalized spacial score (nSPS) is 13.0. The highest BCUT2D eigenvalue weighted by atomic mass is 19.1. The number of nitrogens with zero attached hydrogens (tertiary/aromatic N) is 1. The van der Waals surface area contributed by atoms with E-state index in [4.69, 9.17) is 9.15 Å². The molecule has 0 radical (unpaired) electrons. The molecule has 0 aliphatic heterocycles. The second kappa shape index (κ2) is 8.45. The van der Waals surface area contributed by atoms with E-state index in [1.165, 1.54) is 24.3 Å². The Kier molecular flexibility index (Phi) is 5.98. The molecule has 152 valence electrons. The van der Waals surface area contributed by atoms with Crippen molar-refractivity contribution < 1.29 is 23.4 Å². The molecular formula is C22H23FN2O4. The molecule has 0 fully saturated rings. The number of methoxy groups -OCH3 is 1. The van der Waals surface area contributed by atoms with Gasteiger partial charge in [-0.15, -0.1) is 0 Å². The van der Waals surface area contributed by atoms with E-state index in [2.05, 4.69) is 10.3 Å². The zero-order valence-electron chi connectivity index (χ0n) is 16.5. The smallest absolute Gasteiger partial charge is 0.226 e. The summed E-state index contributed by atoms with van der Waals surface area (Å²) < 4.78 is 23.9. The Labute approximate surface area is 168 Å². The van der Waals surface area contributed by atoms with Crippen molar-refractivity contribution in [2.24, 2.45) is 0 Å². The first-order chi connectivity index (χ1) is 13.8. The summed E-state index contributed by atoms with van der Waals surface area (Å²) in [5.74, 6) is 1.01. The molecule has 3 aromatic rings. The van der Waals surface area contributed by atoms with E-state index < -0.39 is 5.60 Å². The number of halogens is 1. The van der Waals surface area contributed by atoms with Gasteiger partial charge in [0.2, 0.25) is 11.8 Å². The lowest BCUT2D eigenvalue weighted by Gasteiger charge is -2.24. The van der Waals surface area contributed by atoms with Crippen LogP contribution in [-0.4, -0.2) is 29.7 Å². The maximum atomic E-state index is 13.1. The standard InChI is InChI=1S/C22H23FN2O4/c1-14-19(25-21(29-14)15-4-10-18(28-3)11-5-15)12-20(26)24-13-22(2,27)16-6-8-17(23)9-7-16/h4-11,27H,12-13H2,1-3H3,(H,24,26). The molecule has 0 saturated heterocycles. The summed E-state index contributed by atoms with van der Waals surface area (Å²) in [6.45, 7) is 3.29. The number of aromatic nitrogens is 1. The molecule has 6 nitrogen and oxygen atoms in total. The topological polar surface area (TPSA) is 84.6 Å². The van der Waals surface area contributed by atoms with Gasteiger partial charge in [-0.2, -0.15) is 0 Å². The van der Waals surface area contributed by atoms with Crippen molar-refractivity contribution in [2.75, 3.05) is 13.7 Å². The van der Waals surface area contributed by atoms with Gasteiger partial charge < -0.3 is 19.6 Å². The summed E-state index contributed by atoms with van der Waals surface area (Å²) in [5, 5.41) is 13.3. The van der Waals surface area contributed by atoms with E-state index in [0.29, 0.717) is 22.9 Å². The first-order valence-electron chi connectivity index (χ1n) is 9.14. The molecule has 3 rings (SSSR count). The third-order valence-corrected chi connectivity index (χ3v) is 4.65. The summed E-state index contributed by atoms with van der Waals surface area (Å²) >= 11 is 0. The predicted octanol–water partition coefficient (Wildman–Crippen LogP) is 3.36. The van der Waals surface area contributed by atoms with Crippen molar-refractivity contribution in [3.05, 3.63) is 71.4 Å². The summed E-state index contributed by atoms with van der Waals surface area (Å²) in [7, 11) is 1.59. The minimum atomic E-state index is -1.32. The molecule has 2 aromatic carbocycles. The van der Waals surface area contributed by atoms with Gasteiger partial charge in [0.05, 0.1) is 25.8 Å². The predicted molar refractivity (Wildman–Crippen MR) is 106 cm³/mol. The number of aryl methyl sites for hydroxylation is 1. The Morgan fingerprint density at radius 2 is 1.86 bits per heavy atom. The highest BCUT2D eigenvalue weighted by Gasteiger charge is 2.24. The number of oxazole rings is 1. The van der Waals surface area contributed by atoms with E-state index >= 15 is 0 Å². The number of hydrogen-bond donors (Lipinski definition) is 2. The average Bonchev–Trinajstić information content (AvgIpc) is 3.07. The number of amides is 1. The number of hydrogen-bond acceptors (Lipinski definition) is 5. The molecule has 0 aliphatic rings. The second-order valence-corrected chi connectivity index (χ2v) is 6.98. The molecular weight excluding hydrogens is 375 g/mol. The highest BCUT2D eigenvalue weighted by Crippen LogP contribution is 2.24. The van der Waals surface area contributed by atoms with Crippen LogP contribution < -0.4 is 10.1 Å². The third-order valence-electron chi connectivity index (χ3n) is 4.65. The van der Waals surface area contributed by atoms with E-state index in [9.17, 15) is 14.3 Å². The highest BCUT2D eigenvalue weighted by molar-refractivity contribution is 5.78. The lowest BCUT2D eigenvalue weighted by molar-refractivity contribution is -0.121. The van der Waals surface area contributed by atoms with Crippen LogP contribution in [-0.2, 0) is 16.8 Å². The average molecular weight is 398 g/mol. The molecule has 7 heteroatoms. The Morgan fingerprint density at radius 1 is 1.21 bits per heavy atom. The van der Waals surface area contributed by atoms with Gasteiger partial charge in [-0.05, 0) is 55.8 Å². The van der Waals surface area contributed by atoms with Crippen LogP contribution in [0.4, 0.5) is 4.39 Å². The second-order valence-electron chi connectivity index (χ2n) is 6.98. The summed E-state index contributed by atoms with van der Waals surface area (Å²) in [4.78, 5) is 16.8. The summed E-state index contributed by atoms with van der Waals surface area (Å²) in [5.41, 5.74) is 0.490. The van der Waals surface area contributed by atoms with Gasteiger partial charge >= 0.3 is 0 Å². The van der Waals surface area contributed by atoms with Gasteiger partial charge in [-0.1, -0.05) is 12.1 Å². The van der Waals surface area contributed by atoms with Gasteiger partial charge in [0, 0.05) is 5.56 Å². The molecule has 0 bridgehead atoms. The lowest BCUT2D eigenvalue weighted by atomic mass is 9.96. The quantitative estimate of drug-likeness (QED) is 0.638. The largest absolute Gasteiger partial charge is 0.497 e. The third kappa shape index (κ3) is 5.00. The van der Waals surface area contributed by atoms with E-state index in [1.807, 2.05) is 12.1 Å². The van der Waals surface area contributed by atoms with E-state index in [0.717, 1.165) is 11.3 Å². The fourth-order valence-corrected chi connectivity index (χ4v) is 2.85. The number of carbonyl (C=O) groups excluding carboxylic acids is 1. The number of nitrogens with one attached hydrogen (secondary N) is 1. The van der Waals surface area contributed by atoms with Crippen molar-refractivity contribution >= 4 is 5.91 Å². The number of benzene rings is 2. The SMILES string of the molecule is COc1ccc(-c2nc(CC(=O)NCC(C)(O)c3ccc(F)cc3)c(C)o2)cc1. The molecule has 0 spiro atoms. The molecule has 1 unspecified atom stereocenters. The van der Waals surface area contributed by atoms with Gasteiger partial charge in [-0.25, -0.2) is 9.37 Å². The van der Waals surface area contributed by atoms with E-state index in [-0.39, 0.29) is 24.7 Å². The van der Waals surface area contributed by atoms with Crippen molar-refractivity contribution in [2.45, 2.75) is 25.9 Å². The minimum absolute atomic E-state index is 0.0142. The van der Waals surface area contributed by atoms with Gasteiger partial charge in [0.1, 0.15) is 22.9 Å². The van der Waals surface area contributed by atoms with Crippen LogP contribution in [0.3, 0.4) is 0 Å². The maximum absolute atomic E-state index is 13.1. The Morgan fingerprint density at radius 3 is 2.48 bits per heavy atom. The lowest BCUT2D eigenvalue weighted by Crippen LogP contribution is -2.39. The number of ether oxygens (including phenoxy) is 1. The maximum Gasteiger partial charge on any atom is 0.226 e. The minimum Gasteiger partial charge on any atom is -0.497 e. The van der Waals surface area contributed by atoms with Crippen LogP contribution >= 0.6 is 0 Å². The van der Waals surface area contributed by atoms with Gasteiger partial charge in [0.25, 0.3) is 0 Å². The number of carbonyl (C=O) groups is 1. The van der Waals surface area contributed by atoms with Crippen LogP contribution in [0.5, 0.6) is 5.75 Å². The Bertz CT molecular complexity index is 979. The molecule has 1 atom stereocenters. The van der Waals surface area contributed by atoms with Crippen LogP contribution in [0.2, 0.25) is 0 Å². The van der Waals surface area contributed by atoms with Crippen LogP contribution in [0.15, 0.2) is 52.9 Å². The zero-order valence-corrected chi connectivity index (χ0v) is 16.5. The Hall–Kier alpha value is -3.19. The van der Waals surface area contributed by atoms with Crippen LogP contribution in [0.25, 0.3) is 11.5 Å². The number of rotatable bonds is 7. The fraction of sp³-hybridized carbons (Fsp3) is 0.273. The molecule has 0 saturated carbocycles. The molecule has 1 aromatic heterocycles. The Balaban J connectivity index is 1.63. The van der Waals surface area contributed by atoms with Gasteiger partial charge in [0.15, 0.2) is 0 Å². The van der Waals surface area contributed by atoms with Crippen LogP contribution in [0, 0.1) is 12.7 Å². The number of aliphatic hydroxyl groups is 1. The van der Waals surface area contributed by atoms with Gasteiger partial charge in [-0.3, -0.25) is 4.79 Å². The van der Waals surface area contributed by atoms with Crippen molar-refractivity contribution in [1.82, 2.24) is 10.3 Å². The first kappa shape index (κ1) is 20.5. The van der Waals surface area contributed by atoms with Crippen molar-refractivity contribution in [3.8, 4) is 17.2 Å². The summed E-state index contributed by atoms with van der Waals surface area (Å²) in [6, 6.07) is 12.8. The first-order valence-corrected chi connectivity index (χ1v) is 9.14. The van der Waals surface area contributed by atoms with Crippen molar-refractivity contribution in [3.63, 3.8) is 0 Å².